The van der Waals surface area contributed by atoms with E-state index in [2.05, 4.69) is 15.5 Å². The minimum atomic E-state index is -0.262. The van der Waals surface area contributed by atoms with Gasteiger partial charge in [-0.25, -0.2) is 4.39 Å². The number of hydrogen-bond donors (Lipinski definition) is 1. The van der Waals surface area contributed by atoms with E-state index in [1.165, 1.54) is 18.6 Å². The Labute approximate surface area is 97.8 Å². The van der Waals surface area contributed by atoms with E-state index in [-0.39, 0.29) is 11.9 Å². The summed E-state index contributed by atoms with van der Waals surface area (Å²) in [5.74, 6) is 0.934. The molecule has 1 aromatic carbocycles. The number of rotatable bonds is 2. The third-order valence-corrected chi connectivity index (χ3v) is 3.03. The van der Waals surface area contributed by atoms with Crippen LogP contribution in [0.15, 0.2) is 28.8 Å². The van der Waals surface area contributed by atoms with Gasteiger partial charge in [0.25, 0.3) is 5.89 Å². The summed E-state index contributed by atoms with van der Waals surface area (Å²) in [6, 6.07) is 6.39. The van der Waals surface area contributed by atoms with Crippen LogP contribution in [0.25, 0.3) is 11.4 Å². The zero-order valence-corrected chi connectivity index (χ0v) is 9.27. The third kappa shape index (κ3) is 2.06. The fourth-order valence-electron chi connectivity index (χ4n) is 2.10. The van der Waals surface area contributed by atoms with Gasteiger partial charge in [-0.3, -0.25) is 0 Å². The van der Waals surface area contributed by atoms with Gasteiger partial charge in [-0.2, -0.15) is 4.98 Å². The van der Waals surface area contributed by atoms with Crippen molar-refractivity contribution < 1.29 is 14.2 Å². The van der Waals surface area contributed by atoms with Crippen molar-refractivity contribution in [2.45, 2.75) is 18.9 Å². The largest absolute Gasteiger partial charge is 0.336 e. The number of benzene rings is 1. The van der Waals surface area contributed by atoms with Gasteiger partial charge >= 0.3 is 0 Å². The molecule has 2 aromatic rings. The van der Waals surface area contributed by atoms with E-state index < -0.39 is 0 Å². The molecule has 0 saturated carbocycles. The summed E-state index contributed by atoms with van der Waals surface area (Å²) in [7, 11) is 0. The fourth-order valence-corrected chi connectivity index (χ4v) is 2.10. The highest BCUT2D eigenvalue weighted by Crippen LogP contribution is 2.20. The third-order valence-electron chi connectivity index (χ3n) is 3.03. The van der Waals surface area contributed by atoms with E-state index >= 15 is 0 Å². The molecule has 88 valence electrons. The minimum absolute atomic E-state index is 0.262. The second kappa shape index (κ2) is 4.25. The lowest BCUT2D eigenvalue weighted by molar-refractivity contribution is -0.678. The Kier molecular flexibility index (Phi) is 2.60. The standard InChI is InChI=1S/C12H12FN3O/c13-9-5-3-8(4-6-9)11-15-12(17-16-11)10-2-1-7-14-10/h3-6,10,14H,1-2,7H2/p+1/t10-/m0/s1. The maximum absolute atomic E-state index is 12.8. The Morgan fingerprint density at radius 1 is 1.29 bits per heavy atom. The van der Waals surface area contributed by atoms with Gasteiger partial charge in [-0.1, -0.05) is 5.16 Å². The summed E-state index contributed by atoms with van der Waals surface area (Å²) >= 11 is 0. The molecule has 1 aromatic heterocycles. The van der Waals surface area contributed by atoms with E-state index in [9.17, 15) is 4.39 Å². The van der Waals surface area contributed by atoms with Gasteiger partial charge in [0, 0.05) is 18.4 Å². The number of hydrogen-bond acceptors (Lipinski definition) is 3. The Morgan fingerprint density at radius 2 is 2.12 bits per heavy atom. The van der Waals surface area contributed by atoms with E-state index in [0.29, 0.717) is 11.7 Å². The quantitative estimate of drug-likeness (QED) is 0.851. The van der Waals surface area contributed by atoms with E-state index in [1.54, 1.807) is 12.1 Å². The van der Waals surface area contributed by atoms with Crippen LogP contribution in [0.2, 0.25) is 0 Å². The van der Waals surface area contributed by atoms with Crippen molar-refractivity contribution in [1.29, 1.82) is 0 Å². The van der Waals surface area contributed by atoms with Crippen molar-refractivity contribution in [3.05, 3.63) is 36.0 Å². The van der Waals surface area contributed by atoms with Crippen molar-refractivity contribution >= 4 is 0 Å². The molecule has 5 heteroatoms. The Balaban J connectivity index is 1.86. The lowest BCUT2D eigenvalue weighted by atomic mass is 10.2. The van der Waals surface area contributed by atoms with Gasteiger partial charge in [0.2, 0.25) is 5.82 Å². The van der Waals surface area contributed by atoms with Crippen molar-refractivity contribution in [1.82, 2.24) is 10.1 Å². The summed E-state index contributed by atoms with van der Waals surface area (Å²) in [6.07, 6.45) is 2.25. The van der Waals surface area contributed by atoms with E-state index in [1.807, 2.05) is 0 Å². The average Bonchev–Trinajstić information content (AvgIpc) is 3.00. The first-order valence-corrected chi connectivity index (χ1v) is 5.76. The molecule has 17 heavy (non-hydrogen) atoms. The molecule has 1 aliphatic rings. The molecule has 1 atom stereocenters. The van der Waals surface area contributed by atoms with Crippen LogP contribution in [0.1, 0.15) is 24.8 Å². The zero-order valence-electron chi connectivity index (χ0n) is 9.27. The molecule has 0 unspecified atom stereocenters. The molecule has 0 aliphatic carbocycles. The first-order chi connectivity index (χ1) is 8.33. The Hall–Kier alpha value is -1.75. The van der Waals surface area contributed by atoms with Gasteiger partial charge < -0.3 is 9.84 Å². The first kappa shape index (κ1) is 10.4. The van der Waals surface area contributed by atoms with Gasteiger partial charge in [0.15, 0.2) is 6.04 Å². The van der Waals surface area contributed by atoms with E-state index in [0.717, 1.165) is 18.5 Å². The van der Waals surface area contributed by atoms with Crippen LogP contribution >= 0.6 is 0 Å². The highest BCUT2D eigenvalue weighted by molar-refractivity contribution is 5.53. The Morgan fingerprint density at radius 3 is 2.82 bits per heavy atom. The first-order valence-electron chi connectivity index (χ1n) is 5.76. The fraction of sp³-hybridized carbons (Fsp3) is 0.333. The number of nitrogens with zero attached hydrogens (tertiary/aromatic N) is 2. The van der Waals surface area contributed by atoms with Gasteiger partial charge in [-0.05, 0) is 24.3 Å². The maximum atomic E-state index is 12.8. The molecule has 2 heterocycles. The van der Waals surface area contributed by atoms with Crippen LogP contribution in [0.5, 0.6) is 0 Å². The molecule has 0 amide bonds. The van der Waals surface area contributed by atoms with Crippen LogP contribution in [-0.4, -0.2) is 16.7 Å². The molecule has 0 bridgehead atoms. The molecule has 1 saturated heterocycles. The molecule has 0 spiro atoms. The number of aromatic nitrogens is 2. The van der Waals surface area contributed by atoms with Crippen molar-refractivity contribution in [3.63, 3.8) is 0 Å². The smallest absolute Gasteiger partial charge is 0.285 e. The lowest BCUT2D eigenvalue weighted by Gasteiger charge is -1.98. The highest BCUT2D eigenvalue weighted by Gasteiger charge is 2.26. The lowest BCUT2D eigenvalue weighted by Crippen LogP contribution is -2.81. The number of quaternary nitrogens is 1. The van der Waals surface area contributed by atoms with Crippen LogP contribution in [-0.2, 0) is 0 Å². The zero-order chi connectivity index (χ0) is 11.7. The topological polar surface area (TPSA) is 55.5 Å². The van der Waals surface area contributed by atoms with Crippen LogP contribution in [0, 0.1) is 5.82 Å². The monoisotopic (exact) mass is 234 g/mol. The predicted octanol–water partition coefficient (Wildman–Crippen LogP) is 1.27. The van der Waals surface area contributed by atoms with Gasteiger partial charge in [0.05, 0.1) is 6.54 Å². The van der Waals surface area contributed by atoms with Crippen LogP contribution in [0.3, 0.4) is 0 Å². The molecule has 3 rings (SSSR count). The molecule has 1 aliphatic heterocycles. The summed E-state index contributed by atoms with van der Waals surface area (Å²) in [5, 5.41) is 6.14. The molecule has 1 fully saturated rings. The highest BCUT2D eigenvalue weighted by atomic mass is 19.1. The van der Waals surface area contributed by atoms with Crippen LogP contribution in [0.4, 0.5) is 4.39 Å². The van der Waals surface area contributed by atoms with Crippen LogP contribution < -0.4 is 5.32 Å². The molecular weight excluding hydrogens is 221 g/mol. The molecule has 4 nitrogen and oxygen atoms in total. The maximum Gasteiger partial charge on any atom is 0.285 e. The number of nitrogens with two attached hydrogens (primary N) is 1. The Bertz CT molecular complexity index is 503. The molecular formula is C12H13FN3O+. The minimum Gasteiger partial charge on any atom is -0.336 e. The molecule has 0 radical (unpaired) electrons. The summed E-state index contributed by atoms with van der Waals surface area (Å²) < 4.78 is 18.0. The second-order valence-corrected chi connectivity index (χ2v) is 4.24. The average molecular weight is 234 g/mol. The number of halogens is 1. The normalized spacial score (nSPS) is 19.7. The van der Waals surface area contributed by atoms with Crippen molar-refractivity contribution in [2.24, 2.45) is 0 Å². The molecule has 2 N–H and O–H groups in total. The van der Waals surface area contributed by atoms with E-state index in [4.69, 9.17) is 4.52 Å². The van der Waals surface area contributed by atoms with Crippen molar-refractivity contribution in [3.8, 4) is 11.4 Å². The predicted molar refractivity (Wildman–Crippen MR) is 58.5 cm³/mol. The SMILES string of the molecule is Fc1ccc(-c2noc([C@@H]3CCC[NH2+]3)n2)cc1. The summed E-state index contributed by atoms with van der Waals surface area (Å²) in [4.78, 5) is 4.36. The second-order valence-electron chi connectivity index (χ2n) is 4.24. The van der Waals surface area contributed by atoms with Gasteiger partial charge in [-0.15, -0.1) is 0 Å². The van der Waals surface area contributed by atoms with Gasteiger partial charge in [0.1, 0.15) is 5.82 Å². The summed E-state index contributed by atoms with van der Waals surface area (Å²) in [6.45, 7) is 1.11. The van der Waals surface area contributed by atoms with Crippen molar-refractivity contribution in [2.75, 3.05) is 6.54 Å². The summed E-state index contributed by atoms with van der Waals surface area (Å²) in [5.41, 5.74) is 0.777.